The lowest BCUT2D eigenvalue weighted by atomic mass is 10.2. The van der Waals surface area contributed by atoms with Crippen LogP contribution in [-0.4, -0.2) is 39.6 Å². The van der Waals surface area contributed by atoms with E-state index in [1.807, 2.05) is 19.9 Å². The summed E-state index contributed by atoms with van der Waals surface area (Å²) in [6, 6.07) is 26.9. The van der Waals surface area contributed by atoms with Crippen molar-refractivity contribution in [2.45, 2.75) is 18.7 Å². The van der Waals surface area contributed by atoms with Crippen molar-refractivity contribution in [1.29, 1.82) is 0 Å². The zero-order valence-electron chi connectivity index (χ0n) is 23.0. The molecule has 0 bridgehead atoms. The van der Waals surface area contributed by atoms with E-state index >= 15 is 0 Å². The molecule has 42 heavy (non-hydrogen) atoms. The van der Waals surface area contributed by atoms with Crippen LogP contribution >= 0.6 is 11.6 Å². The molecule has 216 valence electrons. The standard InChI is InChI=1S/C31H29ClN4O5S/c1-22-10-16-27(17-11-22)42(39,40)36(25-7-5-6-23(2)18-25)20-30(37)35-33-19-24-12-14-26(15-13-24)41-21-31(38)34-29-9-4-3-8-28(29)32/h3-19H,20-21H2,1-2H3,(H,34,38)(H,35,37)/b33-19-. The first-order valence-electron chi connectivity index (χ1n) is 12.9. The number of aryl methyl sites for hydroxylation is 2. The van der Waals surface area contributed by atoms with Crippen molar-refractivity contribution < 1.29 is 22.7 Å². The van der Waals surface area contributed by atoms with Gasteiger partial charge in [-0.25, -0.2) is 13.8 Å². The number of halogens is 1. The van der Waals surface area contributed by atoms with E-state index in [0.717, 1.165) is 15.4 Å². The van der Waals surface area contributed by atoms with Crippen LogP contribution in [0.3, 0.4) is 0 Å². The molecule has 0 aliphatic heterocycles. The molecule has 0 aromatic heterocycles. The minimum absolute atomic E-state index is 0.0783. The topological polar surface area (TPSA) is 117 Å². The first kappa shape index (κ1) is 30.3. The molecule has 0 saturated carbocycles. The van der Waals surface area contributed by atoms with Crippen LogP contribution in [0.5, 0.6) is 5.75 Å². The van der Waals surface area contributed by atoms with Crippen LogP contribution in [0.15, 0.2) is 107 Å². The normalized spacial score (nSPS) is 11.2. The highest BCUT2D eigenvalue weighted by atomic mass is 35.5. The molecule has 0 saturated heterocycles. The zero-order valence-corrected chi connectivity index (χ0v) is 24.5. The van der Waals surface area contributed by atoms with Crippen LogP contribution in [0, 0.1) is 13.8 Å². The van der Waals surface area contributed by atoms with E-state index in [0.29, 0.717) is 27.7 Å². The Bertz CT molecular complexity index is 1690. The van der Waals surface area contributed by atoms with Gasteiger partial charge in [0.25, 0.3) is 21.8 Å². The van der Waals surface area contributed by atoms with Gasteiger partial charge in [0.1, 0.15) is 12.3 Å². The highest BCUT2D eigenvalue weighted by Gasteiger charge is 2.27. The Balaban J connectivity index is 1.35. The van der Waals surface area contributed by atoms with Gasteiger partial charge in [-0.2, -0.15) is 5.10 Å². The van der Waals surface area contributed by atoms with E-state index in [-0.39, 0.29) is 17.4 Å². The fraction of sp³-hybridized carbons (Fsp3) is 0.129. The number of sulfonamides is 1. The second-order valence-electron chi connectivity index (χ2n) is 9.34. The summed E-state index contributed by atoms with van der Waals surface area (Å²) in [4.78, 5) is 25.0. The summed E-state index contributed by atoms with van der Waals surface area (Å²) < 4.78 is 33.5. The average Bonchev–Trinajstić information content (AvgIpc) is 2.97. The molecule has 9 nitrogen and oxygen atoms in total. The van der Waals surface area contributed by atoms with Crippen molar-refractivity contribution >= 4 is 51.0 Å². The van der Waals surface area contributed by atoms with Gasteiger partial charge in [-0.05, 0) is 85.6 Å². The number of hydrogen-bond acceptors (Lipinski definition) is 6. The summed E-state index contributed by atoms with van der Waals surface area (Å²) in [5, 5.41) is 7.07. The van der Waals surface area contributed by atoms with Gasteiger partial charge >= 0.3 is 0 Å². The molecule has 2 N–H and O–H groups in total. The van der Waals surface area contributed by atoms with E-state index in [9.17, 15) is 18.0 Å². The summed E-state index contributed by atoms with van der Waals surface area (Å²) in [6.07, 6.45) is 1.41. The molecule has 11 heteroatoms. The van der Waals surface area contributed by atoms with E-state index in [2.05, 4.69) is 15.8 Å². The maximum Gasteiger partial charge on any atom is 0.264 e. The molecule has 4 aromatic rings. The molecule has 0 aliphatic rings. The Kier molecular flexibility index (Phi) is 9.95. The third-order valence-electron chi connectivity index (χ3n) is 5.99. The maximum absolute atomic E-state index is 13.5. The fourth-order valence-electron chi connectivity index (χ4n) is 3.83. The first-order valence-corrected chi connectivity index (χ1v) is 14.7. The number of carbonyl (C=O) groups is 2. The van der Waals surface area contributed by atoms with Gasteiger partial charge in [-0.15, -0.1) is 0 Å². The molecule has 0 aliphatic carbocycles. The Labute approximate surface area is 249 Å². The summed E-state index contributed by atoms with van der Waals surface area (Å²) >= 11 is 6.05. The predicted octanol–water partition coefficient (Wildman–Crippen LogP) is 5.32. The average molecular weight is 605 g/mol. The molecule has 0 radical (unpaired) electrons. The number of para-hydroxylation sites is 1. The van der Waals surface area contributed by atoms with E-state index < -0.39 is 22.5 Å². The van der Waals surface area contributed by atoms with Gasteiger partial charge in [-0.3, -0.25) is 13.9 Å². The number of hydrazone groups is 1. The van der Waals surface area contributed by atoms with Crippen molar-refractivity contribution in [2.75, 3.05) is 22.8 Å². The first-order chi connectivity index (χ1) is 20.1. The number of anilines is 2. The lowest BCUT2D eigenvalue weighted by molar-refractivity contribution is -0.119. The van der Waals surface area contributed by atoms with Gasteiger partial charge < -0.3 is 10.1 Å². The Hall–Kier alpha value is -4.67. The van der Waals surface area contributed by atoms with Crippen LogP contribution in [0.2, 0.25) is 5.02 Å². The monoisotopic (exact) mass is 604 g/mol. The van der Waals surface area contributed by atoms with Crippen molar-refractivity contribution in [1.82, 2.24) is 5.43 Å². The number of amides is 2. The number of carbonyl (C=O) groups excluding carboxylic acids is 2. The van der Waals surface area contributed by atoms with Crippen molar-refractivity contribution in [3.63, 3.8) is 0 Å². The second kappa shape index (κ2) is 13.8. The summed E-state index contributed by atoms with van der Waals surface area (Å²) in [6.45, 7) is 3.02. The third kappa shape index (κ3) is 8.18. The molecular weight excluding hydrogens is 576 g/mol. The van der Waals surface area contributed by atoms with Gasteiger partial charge in [-0.1, -0.05) is 53.6 Å². The molecule has 0 atom stereocenters. The number of ether oxygens (including phenoxy) is 1. The molecule has 4 rings (SSSR count). The van der Waals surface area contributed by atoms with Crippen LogP contribution in [0.25, 0.3) is 0 Å². The smallest absolute Gasteiger partial charge is 0.264 e. The SMILES string of the molecule is Cc1ccc(S(=O)(=O)N(CC(=O)N/N=C\c2ccc(OCC(=O)Nc3ccccc3Cl)cc2)c2cccc(C)c2)cc1. The molecule has 4 aromatic carbocycles. The second-order valence-corrected chi connectivity index (χ2v) is 11.6. The minimum Gasteiger partial charge on any atom is -0.484 e. The van der Waals surface area contributed by atoms with Gasteiger partial charge in [0, 0.05) is 0 Å². The summed E-state index contributed by atoms with van der Waals surface area (Å²) in [5.74, 6) is -0.519. The highest BCUT2D eigenvalue weighted by molar-refractivity contribution is 7.92. The lowest BCUT2D eigenvalue weighted by Crippen LogP contribution is -2.39. The van der Waals surface area contributed by atoms with Crippen LogP contribution in [0.4, 0.5) is 11.4 Å². The maximum atomic E-state index is 13.5. The lowest BCUT2D eigenvalue weighted by Gasteiger charge is -2.24. The molecule has 0 fully saturated rings. The Morgan fingerprint density at radius 1 is 0.881 bits per heavy atom. The van der Waals surface area contributed by atoms with Crippen molar-refractivity contribution in [3.05, 3.63) is 119 Å². The molecule has 0 spiro atoms. The largest absolute Gasteiger partial charge is 0.484 e. The van der Waals surface area contributed by atoms with E-state index in [4.69, 9.17) is 16.3 Å². The summed E-state index contributed by atoms with van der Waals surface area (Å²) in [7, 11) is -4.02. The molecule has 0 unspecified atom stereocenters. The van der Waals surface area contributed by atoms with Crippen molar-refractivity contribution in [2.24, 2.45) is 5.10 Å². The number of rotatable bonds is 11. The fourth-order valence-corrected chi connectivity index (χ4v) is 5.42. The third-order valence-corrected chi connectivity index (χ3v) is 8.10. The predicted molar refractivity (Wildman–Crippen MR) is 165 cm³/mol. The number of benzene rings is 4. The van der Waals surface area contributed by atoms with Gasteiger partial charge in [0.05, 0.1) is 27.5 Å². The highest BCUT2D eigenvalue weighted by Crippen LogP contribution is 2.25. The van der Waals surface area contributed by atoms with E-state index in [1.54, 1.807) is 78.9 Å². The minimum atomic E-state index is -4.02. The summed E-state index contributed by atoms with van der Waals surface area (Å²) in [5.41, 5.74) is 5.67. The van der Waals surface area contributed by atoms with Crippen LogP contribution in [0.1, 0.15) is 16.7 Å². The Morgan fingerprint density at radius 3 is 2.29 bits per heavy atom. The number of nitrogens with zero attached hydrogens (tertiary/aromatic N) is 2. The zero-order chi connectivity index (χ0) is 30.1. The number of hydrogen-bond donors (Lipinski definition) is 2. The van der Waals surface area contributed by atoms with Gasteiger partial charge in [0.2, 0.25) is 0 Å². The molecular formula is C31H29ClN4O5S. The number of nitrogens with one attached hydrogen (secondary N) is 2. The Morgan fingerprint density at radius 2 is 1.60 bits per heavy atom. The van der Waals surface area contributed by atoms with E-state index in [1.165, 1.54) is 18.3 Å². The van der Waals surface area contributed by atoms with Crippen molar-refractivity contribution in [3.8, 4) is 5.75 Å². The molecule has 0 heterocycles. The quantitative estimate of drug-likeness (QED) is 0.177. The van der Waals surface area contributed by atoms with Gasteiger partial charge in [0.15, 0.2) is 6.61 Å². The van der Waals surface area contributed by atoms with Crippen LogP contribution < -0.4 is 19.8 Å². The van der Waals surface area contributed by atoms with Crippen LogP contribution in [-0.2, 0) is 19.6 Å². The molecule has 2 amide bonds.